The predicted molar refractivity (Wildman–Crippen MR) is 114 cm³/mol. The summed E-state index contributed by atoms with van der Waals surface area (Å²) in [5.74, 6) is -0.242. The maximum atomic E-state index is 12.9. The molecule has 28 heavy (non-hydrogen) atoms. The Kier molecular flexibility index (Phi) is 4.07. The first-order valence-corrected chi connectivity index (χ1v) is 10.8. The zero-order chi connectivity index (χ0) is 19.5. The van der Waals surface area contributed by atoms with Crippen LogP contribution in [0.5, 0.6) is 0 Å². The first-order valence-electron chi connectivity index (χ1n) is 9.20. The van der Waals surface area contributed by atoms with Crippen molar-refractivity contribution < 1.29 is 9.59 Å². The third-order valence-corrected chi connectivity index (χ3v) is 6.96. The molecule has 2 heterocycles. The van der Waals surface area contributed by atoms with Gasteiger partial charge >= 0.3 is 0 Å². The van der Waals surface area contributed by atoms with Crippen molar-refractivity contribution >= 4 is 55.0 Å². The molecule has 2 amide bonds. The fraction of sp³-hybridized carbons (Fsp3) is 0.286. The number of hydrogen-bond acceptors (Lipinski definition) is 4. The number of rotatable bonds is 3. The highest BCUT2D eigenvalue weighted by Crippen LogP contribution is 2.52. The van der Waals surface area contributed by atoms with E-state index in [1.807, 2.05) is 37.3 Å². The zero-order valence-electron chi connectivity index (χ0n) is 15.3. The van der Waals surface area contributed by atoms with E-state index in [9.17, 15) is 9.59 Å². The molecule has 2 aliphatic rings. The van der Waals surface area contributed by atoms with E-state index in [0.29, 0.717) is 6.54 Å². The molecular formula is C21H18BrN3O2S. The molecule has 0 saturated heterocycles. The van der Waals surface area contributed by atoms with Gasteiger partial charge in [0.15, 0.2) is 0 Å². The van der Waals surface area contributed by atoms with Crippen LogP contribution in [0.2, 0.25) is 0 Å². The van der Waals surface area contributed by atoms with E-state index in [2.05, 4.69) is 32.3 Å². The lowest BCUT2D eigenvalue weighted by atomic mass is 9.86. The number of thiazole rings is 1. The average molecular weight is 456 g/mol. The number of anilines is 1. The average Bonchev–Trinajstić information content (AvgIpc) is 3.32. The molecule has 0 bridgehead atoms. The SMILES string of the molecule is Cc1nc2ccc(NC(=O)CN3CC4(CC4)c4cc(Br)ccc4C3=O)cc2s1. The van der Waals surface area contributed by atoms with Crippen LogP contribution in [0.4, 0.5) is 5.69 Å². The topological polar surface area (TPSA) is 62.3 Å². The number of hydrogen-bond donors (Lipinski definition) is 1. The third kappa shape index (κ3) is 3.02. The monoisotopic (exact) mass is 455 g/mol. The number of benzene rings is 2. The number of aryl methyl sites for hydroxylation is 1. The van der Waals surface area contributed by atoms with Crippen LogP contribution in [0.25, 0.3) is 10.2 Å². The molecule has 0 radical (unpaired) electrons. The standard InChI is InChI=1S/C21H18BrN3O2S/c1-12-23-17-5-3-14(9-18(17)28-12)24-19(26)10-25-11-21(6-7-21)16-8-13(22)2-4-15(16)20(25)27/h2-5,8-9H,6-7,10-11H2,1H3,(H,24,26). The Morgan fingerprint density at radius 2 is 2.11 bits per heavy atom. The van der Waals surface area contributed by atoms with Gasteiger partial charge in [0.1, 0.15) is 6.54 Å². The van der Waals surface area contributed by atoms with Gasteiger partial charge < -0.3 is 10.2 Å². The molecule has 1 fully saturated rings. The summed E-state index contributed by atoms with van der Waals surface area (Å²) in [7, 11) is 0. The molecule has 5 nitrogen and oxygen atoms in total. The molecular weight excluding hydrogens is 438 g/mol. The second-order valence-electron chi connectivity index (χ2n) is 7.60. The van der Waals surface area contributed by atoms with Crippen LogP contribution >= 0.6 is 27.3 Å². The molecule has 1 spiro atoms. The Balaban J connectivity index is 1.34. The molecule has 2 aromatic carbocycles. The van der Waals surface area contributed by atoms with Gasteiger partial charge in [0.05, 0.1) is 15.2 Å². The second-order valence-corrected chi connectivity index (χ2v) is 9.75. The maximum absolute atomic E-state index is 12.9. The van der Waals surface area contributed by atoms with Crippen molar-refractivity contribution in [3.63, 3.8) is 0 Å². The molecule has 1 N–H and O–H groups in total. The summed E-state index contributed by atoms with van der Waals surface area (Å²) in [6, 6.07) is 11.5. The number of carbonyl (C=O) groups excluding carboxylic acids is 2. The molecule has 7 heteroatoms. The molecule has 3 aromatic rings. The van der Waals surface area contributed by atoms with Crippen LogP contribution < -0.4 is 5.32 Å². The Labute approximate surface area is 174 Å². The van der Waals surface area contributed by atoms with E-state index in [1.165, 1.54) is 0 Å². The van der Waals surface area contributed by atoms with Gasteiger partial charge in [0.2, 0.25) is 5.91 Å². The minimum Gasteiger partial charge on any atom is -0.328 e. The van der Waals surface area contributed by atoms with Gasteiger partial charge in [-0.2, -0.15) is 0 Å². The molecule has 5 rings (SSSR count). The zero-order valence-corrected chi connectivity index (χ0v) is 17.7. The van der Waals surface area contributed by atoms with E-state index in [4.69, 9.17) is 0 Å². The van der Waals surface area contributed by atoms with E-state index in [0.717, 1.165) is 49.4 Å². The highest BCUT2D eigenvalue weighted by molar-refractivity contribution is 9.10. The molecule has 1 aliphatic carbocycles. The van der Waals surface area contributed by atoms with E-state index in [1.54, 1.807) is 16.2 Å². The normalized spacial score (nSPS) is 17.1. The van der Waals surface area contributed by atoms with Crippen molar-refractivity contribution in [2.24, 2.45) is 0 Å². The molecule has 1 saturated carbocycles. The van der Waals surface area contributed by atoms with Gasteiger partial charge in [0.25, 0.3) is 5.91 Å². The molecule has 0 atom stereocenters. The summed E-state index contributed by atoms with van der Waals surface area (Å²) >= 11 is 5.11. The Bertz CT molecular complexity index is 1140. The maximum Gasteiger partial charge on any atom is 0.254 e. The van der Waals surface area contributed by atoms with Crippen molar-refractivity contribution in [2.75, 3.05) is 18.4 Å². The van der Waals surface area contributed by atoms with Crippen LogP contribution in [-0.4, -0.2) is 34.8 Å². The lowest BCUT2D eigenvalue weighted by Gasteiger charge is -2.34. The second kappa shape index (κ2) is 6.39. The Hall–Kier alpha value is -2.25. The summed E-state index contributed by atoms with van der Waals surface area (Å²) in [6.07, 6.45) is 2.12. The van der Waals surface area contributed by atoms with Crippen LogP contribution in [-0.2, 0) is 10.2 Å². The highest BCUT2D eigenvalue weighted by atomic mass is 79.9. The van der Waals surface area contributed by atoms with Gasteiger partial charge in [-0.3, -0.25) is 9.59 Å². The third-order valence-electron chi connectivity index (χ3n) is 5.53. The van der Waals surface area contributed by atoms with Gasteiger partial charge in [0, 0.05) is 27.7 Å². The van der Waals surface area contributed by atoms with Gasteiger partial charge in [-0.15, -0.1) is 11.3 Å². The number of halogens is 1. The fourth-order valence-corrected chi connectivity index (χ4v) is 5.26. The summed E-state index contributed by atoms with van der Waals surface area (Å²) in [6.45, 7) is 2.64. The molecule has 1 aromatic heterocycles. The van der Waals surface area contributed by atoms with E-state index < -0.39 is 0 Å². The lowest BCUT2D eigenvalue weighted by molar-refractivity contribution is -0.117. The van der Waals surface area contributed by atoms with Crippen LogP contribution in [0.1, 0.15) is 33.8 Å². The number of amides is 2. The van der Waals surface area contributed by atoms with Gasteiger partial charge in [-0.05, 0) is 61.7 Å². The van der Waals surface area contributed by atoms with Crippen LogP contribution in [0.3, 0.4) is 0 Å². The van der Waals surface area contributed by atoms with E-state index >= 15 is 0 Å². The Morgan fingerprint density at radius 1 is 1.29 bits per heavy atom. The summed E-state index contributed by atoms with van der Waals surface area (Å²) in [5, 5.41) is 3.93. The molecule has 1 aliphatic heterocycles. The highest BCUT2D eigenvalue weighted by Gasteiger charge is 2.51. The Morgan fingerprint density at radius 3 is 2.89 bits per heavy atom. The summed E-state index contributed by atoms with van der Waals surface area (Å²) < 4.78 is 2.03. The first kappa shape index (κ1) is 17.8. The first-order chi connectivity index (χ1) is 13.4. The summed E-state index contributed by atoms with van der Waals surface area (Å²) in [4.78, 5) is 31.7. The smallest absolute Gasteiger partial charge is 0.254 e. The number of aromatic nitrogens is 1. The van der Waals surface area contributed by atoms with Crippen molar-refractivity contribution in [3.8, 4) is 0 Å². The largest absolute Gasteiger partial charge is 0.328 e. The molecule has 142 valence electrons. The van der Waals surface area contributed by atoms with Crippen LogP contribution in [0, 0.1) is 6.92 Å². The minimum absolute atomic E-state index is 0.0202. The number of fused-ring (bicyclic) bond motifs is 3. The lowest BCUT2D eigenvalue weighted by Crippen LogP contribution is -2.46. The number of nitrogens with zero attached hydrogens (tertiary/aromatic N) is 2. The van der Waals surface area contributed by atoms with Crippen molar-refractivity contribution in [3.05, 3.63) is 57.0 Å². The van der Waals surface area contributed by atoms with Crippen molar-refractivity contribution in [1.82, 2.24) is 9.88 Å². The van der Waals surface area contributed by atoms with Crippen molar-refractivity contribution in [1.29, 1.82) is 0 Å². The van der Waals surface area contributed by atoms with Gasteiger partial charge in [-0.25, -0.2) is 4.98 Å². The fourth-order valence-electron chi connectivity index (χ4n) is 4.03. The van der Waals surface area contributed by atoms with E-state index in [-0.39, 0.29) is 23.8 Å². The summed E-state index contributed by atoms with van der Waals surface area (Å²) in [5.41, 5.74) is 3.53. The molecule has 0 unspecified atom stereocenters. The predicted octanol–water partition coefficient (Wildman–Crippen LogP) is 4.49. The minimum atomic E-state index is -0.176. The number of nitrogens with one attached hydrogen (secondary N) is 1. The quantitative estimate of drug-likeness (QED) is 0.632. The van der Waals surface area contributed by atoms with Crippen LogP contribution in [0.15, 0.2) is 40.9 Å². The van der Waals surface area contributed by atoms with Gasteiger partial charge in [-0.1, -0.05) is 15.9 Å². The van der Waals surface area contributed by atoms with Crippen molar-refractivity contribution in [2.45, 2.75) is 25.2 Å². The number of carbonyl (C=O) groups is 2.